The van der Waals surface area contributed by atoms with Gasteiger partial charge in [0.15, 0.2) is 23.0 Å². The molecule has 2 aromatic carbocycles. The number of methoxy groups -OCH3 is 4. The largest absolute Gasteiger partial charge is 0.493 e. The predicted molar refractivity (Wildman–Crippen MR) is 86.7 cm³/mol. The van der Waals surface area contributed by atoms with E-state index in [1.807, 2.05) is 0 Å². The molecule has 0 N–H and O–H groups in total. The van der Waals surface area contributed by atoms with Crippen LogP contribution in [0.25, 0.3) is 11.1 Å². The van der Waals surface area contributed by atoms with Crippen LogP contribution in [0.1, 0.15) is 20.7 Å². The van der Waals surface area contributed by atoms with E-state index in [1.54, 1.807) is 24.3 Å². The summed E-state index contributed by atoms with van der Waals surface area (Å²) in [7, 11) is 5.96. The van der Waals surface area contributed by atoms with Gasteiger partial charge in [-0.3, -0.25) is 9.59 Å². The van der Waals surface area contributed by atoms with Crippen LogP contribution >= 0.6 is 0 Å². The van der Waals surface area contributed by atoms with E-state index in [0.29, 0.717) is 34.1 Å². The van der Waals surface area contributed by atoms with E-state index in [-0.39, 0.29) is 11.1 Å². The number of ketones is 2. The highest BCUT2D eigenvalue weighted by Crippen LogP contribution is 2.50. The maximum absolute atomic E-state index is 12.5. The van der Waals surface area contributed by atoms with Gasteiger partial charge >= 0.3 is 0 Å². The van der Waals surface area contributed by atoms with Crippen molar-refractivity contribution in [2.24, 2.45) is 0 Å². The van der Waals surface area contributed by atoms with Crippen LogP contribution in [0.3, 0.4) is 0 Å². The van der Waals surface area contributed by atoms with Crippen LogP contribution in [0.15, 0.2) is 24.3 Å². The molecule has 2 aromatic rings. The highest BCUT2D eigenvalue weighted by Gasteiger charge is 2.37. The molecule has 0 fully saturated rings. The highest BCUT2D eigenvalue weighted by atomic mass is 16.5. The zero-order chi connectivity index (χ0) is 17.4. The average molecular weight is 328 g/mol. The van der Waals surface area contributed by atoms with Gasteiger partial charge < -0.3 is 18.9 Å². The molecule has 0 aromatic heterocycles. The lowest BCUT2D eigenvalue weighted by atomic mass is 9.82. The zero-order valence-electron chi connectivity index (χ0n) is 13.8. The first kappa shape index (κ1) is 15.9. The highest BCUT2D eigenvalue weighted by molar-refractivity contribution is 6.53. The van der Waals surface area contributed by atoms with E-state index in [1.165, 1.54) is 28.4 Å². The van der Waals surface area contributed by atoms with Crippen molar-refractivity contribution in [3.05, 3.63) is 35.4 Å². The van der Waals surface area contributed by atoms with E-state index in [2.05, 4.69) is 0 Å². The Labute approximate surface area is 138 Å². The quantitative estimate of drug-likeness (QED) is 0.804. The molecule has 3 rings (SSSR count). The third kappa shape index (κ3) is 2.03. The molecule has 6 nitrogen and oxygen atoms in total. The summed E-state index contributed by atoms with van der Waals surface area (Å²) in [5.74, 6) is 0.451. The summed E-state index contributed by atoms with van der Waals surface area (Å²) in [6.07, 6.45) is 0. The second kappa shape index (κ2) is 5.88. The van der Waals surface area contributed by atoms with Gasteiger partial charge in [0.25, 0.3) is 0 Å². The molecular formula is C18H16O6. The van der Waals surface area contributed by atoms with Gasteiger partial charge in [0.2, 0.25) is 11.6 Å². The maximum Gasteiger partial charge on any atom is 0.234 e. The summed E-state index contributed by atoms with van der Waals surface area (Å²) in [6.45, 7) is 0. The van der Waals surface area contributed by atoms with E-state index in [4.69, 9.17) is 18.9 Å². The van der Waals surface area contributed by atoms with Crippen molar-refractivity contribution in [2.45, 2.75) is 0 Å². The minimum absolute atomic E-state index is 0.247. The molecule has 0 heterocycles. The molecule has 0 radical (unpaired) electrons. The summed E-state index contributed by atoms with van der Waals surface area (Å²) in [5, 5.41) is 0. The number of carbonyl (C=O) groups is 2. The smallest absolute Gasteiger partial charge is 0.234 e. The topological polar surface area (TPSA) is 71.1 Å². The van der Waals surface area contributed by atoms with Crippen LogP contribution < -0.4 is 18.9 Å². The lowest BCUT2D eigenvalue weighted by Crippen LogP contribution is -2.22. The van der Waals surface area contributed by atoms with Gasteiger partial charge in [0.05, 0.1) is 28.4 Å². The third-order valence-corrected chi connectivity index (χ3v) is 4.04. The van der Waals surface area contributed by atoms with E-state index in [0.717, 1.165) is 0 Å². The molecule has 0 saturated heterocycles. The van der Waals surface area contributed by atoms with Crippen LogP contribution in [-0.4, -0.2) is 40.0 Å². The molecule has 0 aliphatic heterocycles. The first-order chi connectivity index (χ1) is 11.6. The molecule has 124 valence electrons. The molecule has 1 aliphatic carbocycles. The van der Waals surface area contributed by atoms with Gasteiger partial charge in [0.1, 0.15) is 0 Å². The Morgan fingerprint density at radius 3 is 1.25 bits per heavy atom. The molecule has 0 unspecified atom stereocenters. The normalized spacial score (nSPS) is 12.3. The molecule has 1 aliphatic rings. The SMILES string of the molecule is COc1ccc2c(c1OC)-c1c(ccc(OC)c1OC)C(=O)C2=O. The Balaban J connectivity index is 2.49. The van der Waals surface area contributed by atoms with Crippen molar-refractivity contribution in [2.75, 3.05) is 28.4 Å². The lowest BCUT2D eigenvalue weighted by Gasteiger charge is -2.24. The minimum atomic E-state index is -0.592. The fourth-order valence-electron chi connectivity index (χ4n) is 2.97. The van der Waals surface area contributed by atoms with E-state index in [9.17, 15) is 9.59 Å². The fraction of sp³-hybridized carbons (Fsp3) is 0.222. The second-order valence-corrected chi connectivity index (χ2v) is 5.11. The van der Waals surface area contributed by atoms with Gasteiger partial charge in [-0.15, -0.1) is 0 Å². The van der Waals surface area contributed by atoms with Gasteiger partial charge in [0, 0.05) is 22.3 Å². The Morgan fingerprint density at radius 1 is 0.583 bits per heavy atom. The maximum atomic E-state index is 12.5. The number of rotatable bonds is 4. The molecular weight excluding hydrogens is 312 g/mol. The zero-order valence-corrected chi connectivity index (χ0v) is 13.8. The molecule has 0 amide bonds. The monoisotopic (exact) mass is 328 g/mol. The Bertz CT molecular complexity index is 782. The Morgan fingerprint density at radius 2 is 0.958 bits per heavy atom. The van der Waals surface area contributed by atoms with Crippen molar-refractivity contribution in [3.8, 4) is 34.1 Å². The molecule has 0 saturated carbocycles. The van der Waals surface area contributed by atoms with Crippen molar-refractivity contribution in [1.29, 1.82) is 0 Å². The van der Waals surface area contributed by atoms with Crippen molar-refractivity contribution in [3.63, 3.8) is 0 Å². The summed E-state index contributed by atoms with van der Waals surface area (Å²) in [4.78, 5) is 25.0. The summed E-state index contributed by atoms with van der Waals surface area (Å²) in [6, 6.07) is 6.30. The molecule has 0 spiro atoms. The fourth-order valence-corrected chi connectivity index (χ4v) is 2.97. The van der Waals surface area contributed by atoms with Crippen LogP contribution in [0.2, 0.25) is 0 Å². The Hall–Kier alpha value is -3.02. The van der Waals surface area contributed by atoms with E-state index >= 15 is 0 Å². The van der Waals surface area contributed by atoms with Gasteiger partial charge in [-0.2, -0.15) is 0 Å². The molecule has 6 heteroatoms. The summed E-state index contributed by atoms with van der Waals surface area (Å²) >= 11 is 0. The van der Waals surface area contributed by atoms with Crippen molar-refractivity contribution >= 4 is 11.6 Å². The number of Topliss-reactive ketones (excluding diaryl/α,β-unsaturated/α-hetero) is 2. The van der Waals surface area contributed by atoms with E-state index < -0.39 is 11.6 Å². The predicted octanol–water partition coefficient (Wildman–Crippen LogP) is 2.77. The lowest BCUT2D eigenvalue weighted by molar-refractivity contribution is 0.0815. The number of hydrogen-bond donors (Lipinski definition) is 0. The van der Waals surface area contributed by atoms with Crippen molar-refractivity contribution < 1.29 is 28.5 Å². The van der Waals surface area contributed by atoms with Crippen LogP contribution in [-0.2, 0) is 0 Å². The minimum Gasteiger partial charge on any atom is -0.493 e. The number of carbonyl (C=O) groups excluding carboxylic acids is 2. The van der Waals surface area contributed by atoms with Crippen LogP contribution in [0.5, 0.6) is 23.0 Å². The number of ether oxygens (including phenoxy) is 4. The average Bonchev–Trinajstić information content (AvgIpc) is 2.63. The molecule has 24 heavy (non-hydrogen) atoms. The first-order valence-electron chi connectivity index (χ1n) is 7.18. The number of fused-ring (bicyclic) bond motifs is 3. The second-order valence-electron chi connectivity index (χ2n) is 5.11. The van der Waals surface area contributed by atoms with Gasteiger partial charge in [-0.05, 0) is 24.3 Å². The summed E-state index contributed by atoms with van der Waals surface area (Å²) in [5.41, 5.74) is 1.42. The third-order valence-electron chi connectivity index (χ3n) is 4.04. The standard InChI is InChI=1S/C18H16O6/c1-21-11-7-5-9-13(17(11)23-3)14-10(16(20)15(9)19)6-8-12(22-2)18(14)24-4/h5-8H,1-4H3. The Kier molecular flexibility index (Phi) is 3.89. The van der Waals surface area contributed by atoms with Crippen LogP contribution in [0.4, 0.5) is 0 Å². The first-order valence-corrected chi connectivity index (χ1v) is 7.18. The van der Waals surface area contributed by atoms with Crippen molar-refractivity contribution in [1.82, 2.24) is 0 Å². The summed E-state index contributed by atoms with van der Waals surface area (Å²) < 4.78 is 21.6. The van der Waals surface area contributed by atoms with Gasteiger partial charge in [-0.25, -0.2) is 0 Å². The molecule has 0 bridgehead atoms. The molecule has 0 atom stereocenters. The van der Waals surface area contributed by atoms with Crippen LogP contribution in [0, 0.1) is 0 Å². The number of benzene rings is 2. The number of hydrogen-bond acceptors (Lipinski definition) is 6. The van der Waals surface area contributed by atoms with Gasteiger partial charge in [-0.1, -0.05) is 0 Å².